The van der Waals surface area contributed by atoms with Gasteiger partial charge in [-0.2, -0.15) is 10.1 Å². The normalized spacial score (nSPS) is 10.5. The maximum Gasteiger partial charge on any atom is 0.249 e. The fourth-order valence-electron chi connectivity index (χ4n) is 2.28. The Bertz CT molecular complexity index is 850. The first kappa shape index (κ1) is 15.9. The second kappa shape index (κ2) is 7.04. The zero-order valence-electron chi connectivity index (χ0n) is 13.5. The maximum atomic E-state index is 13.6. The van der Waals surface area contributed by atoms with Crippen LogP contribution in [0.25, 0.3) is 0 Å². The first-order valence-corrected chi connectivity index (χ1v) is 7.64. The van der Waals surface area contributed by atoms with Gasteiger partial charge >= 0.3 is 0 Å². The molecule has 0 spiro atoms. The van der Waals surface area contributed by atoms with Crippen LogP contribution in [-0.4, -0.2) is 15.2 Å². The smallest absolute Gasteiger partial charge is 0.249 e. The van der Waals surface area contributed by atoms with E-state index < -0.39 is 0 Å². The van der Waals surface area contributed by atoms with Crippen molar-refractivity contribution < 1.29 is 4.39 Å². The predicted molar refractivity (Wildman–Crippen MR) is 92.8 cm³/mol. The number of aryl methyl sites for hydroxylation is 1. The van der Waals surface area contributed by atoms with E-state index in [4.69, 9.17) is 0 Å². The molecule has 3 aromatic rings. The van der Waals surface area contributed by atoms with E-state index >= 15 is 0 Å². The number of anilines is 3. The molecule has 122 valence electrons. The molecule has 0 amide bonds. The van der Waals surface area contributed by atoms with Crippen LogP contribution in [-0.2, 0) is 6.54 Å². The molecule has 0 unspecified atom stereocenters. The van der Waals surface area contributed by atoms with Crippen molar-refractivity contribution in [2.24, 2.45) is 0 Å². The molecule has 0 aliphatic heterocycles. The summed E-state index contributed by atoms with van der Waals surface area (Å²) in [4.78, 5) is 4.37. The van der Waals surface area contributed by atoms with E-state index in [-0.39, 0.29) is 5.82 Å². The SMILES string of the molecule is Cc1cccc(Nc2nncc(NCc3ccccc3F)n2)c1C. The summed E-state index contributed by atoms with van der Waals surface area (Å²) in [7, 11) is 0. The monoisotopic (exact) mass is 323 g/mol. The molecule has 6 heteroatoms. The average molecular weight is 323 g/mol. The average Bonchev–Trinajstić information content (AvgIpc) is 2.59. The molecule has 0 radical (unpaired) electrons. The minimum Gasteiger partial charge on any atom is -0.364 e. The Morgan fingerprint density at radius 1 is 1.04 bits per heavy atom. The fourth-order valence-corrected chi connectivity index (χ4v) is 2.28. The largest absolute Gasteiger partial charge is 0.364 e. The minimum atomic E-state index is -0.249. The summed E-state index contributed by atoms with van der Waals surface area (Å²) in [5, 5.41) is 14.2. The second-order valence-corrected chi connectivity index (χ2v) is 5.48. The molecule has 0 aliphatic rings. The van der Waals surface area contributed by atoms with Crippen LogP contribution in [0.1, 0.15) is 16.7 Å². The van der Waals surface area contributed by atoms with Gasteiger partial charge in [-0.05, 0) is 37.1 Å². The standard InChI is InChI=1S/C18H18FN5/c1-12-6-5-9-16(13(12)2)22-18-23-17(11-21-24-18)20-10-14-7-3-4-8-15(14)19/h3-9,11H,10H2,1-2H3,(H2,20,22,23,24). The molecule has 5 nitrogen and oxygen atoms in total. The first-order chi connectivity index (χ1) is 11.6. The van der Waals surface area contributed by atoms with E-state index in [9.17, 15) is 4.39 Å². The number of hydrogen-bond acceptors (Lipinski definition) is 5. The van der Waals surface area contributed by atoms with Crippen LogP contribution in [0.15, 0.2) is 48.7 Å². The molecule has 0 saturated heterocycles. The van der Waals surface area contributed by atoms with Crippen molar-refractivity contribution in [3.05, 3.63) is 71.2 Å². The lowest BCUT2D eigenvalue weighted by Crippen LogP contribution is -2.07. The highest BCUT2D eigenvalue weighted by molar-refractivity contribution is 5.60. The highest BCUT2D eigenvalue weighted by atomic mass is 19.1. The summed E-state index contributed by atoms with van der Waals surface area (Å²) in [5.41, 5.74) is 3.82. The number of nitrogens with zero attached hydrogens (tertiary/aromatic N) is 3. The van der Waals surface area contributed by atoms with Gasteiger partial charge in [-0.3, -0.25) is 0 Å². The molecule has 1 heterocycles. The van der Waals surface area contributed by atoms with E-state index in [1.165, 1.54) is 17.8 Å². The minimum absolute atomic E-state index is 0.249. The van der Waals surface area contributed by atoms with E-state index in [1.54, 1.807) is 18.2 Å². The van der Waals surface area contributed by atoms with Gasteiger partial charge in [0.2, 0.25) is 5.95 Å². The molecule has 0 saturated carbocycles. The number of nitrogens with one attached hydrogen (secondary N) is 2. The summed E-state index contributed by atoms with van der Waals surface area (Å²) in [5.74, 6) is 0.670. The van der Waals surface area contributed by atoms with Gasteiger partial charge in [0.15, 0.2) is 5.82 Å². The van der Waals surface area contributed by atoms with Crippen LogP contribution in [0.5, 0.6) is 0 Å². The van der Waals surface area contributed by atoms with Gasteiger partial charge in [-0.1, -0.05) is 30.3 Å². The van der Waals surface area contributed by atoms with Gasteiger partial charge in [-0.25, -0.2) is 4.39 Å². The van der Waals surface area contributed by atoms with Gasteiger partial charge in [0, 0.05) is 17.8 Å². The lowest BCUT2D eigenvalue weighted by Gasteiger charge is -2.11. The maximum absolute atomic E-state index is 13.6. The third kappa shape index (κ3) is 3.65. The quantitative estimate of drug-likeness (QED) is 0.743. The van der Waals surface area contributed by atoms with Crippen molar-refractivity contribution in [3.8, 4) is 0 Å². The second-order valence-electron chi connectivity index (χ2n) is 5.48. The molecule has 3 rings (SSSR count). The van der Waals surface area contributed by atoms with E-state index in [1.807, 2.05) is 32.0 Å². The summed E-state index contributed by atoms with van der Waals surface area (Å²) in [6, 6.07) is 12.6. The Hall–Kier alpha value is -3.02. The Kier molecular flexibility index (Phi) is 4.65. The predicted octanol–water partition coefficient (Wildman–Crippen LogP) is 3.98. The molecule has 0 aliphatic carbocycles. The van der Waals surface area contributed by atoms with Crippen LogP contribution in [0.4, 0.5) is 21.8 Å². The topological polar surface area (TPSA) is 62.7 Å². The summed E-state index contributed by atoms with van der Waals surface area (Å²) in [6.07, 6.45) is 1.51. The van der Waals surface area contributed by atoms with Crippen molar-refractivity contribution in [1.29, 1.82) is 0 Å². The first-order valence-electron chi connectivity index (χ1n) is 7.64. The lowest BCUT2D eigenvalue weighted by atomic mass is 10.1. The number of benzene rings is 2. The molecule has 0 bridgehead atoms. The van der Waals surface area contributed by atoms with Crippen LogP contribution in [0.2, 0.25) is 0 Å². The number of halogens is 1. The number of rotatable bonds is 5. The van der Waals surface area contributed by atoms with Crippen molar-refractivity contribution in [1.82, 2.24) is 15.2 Å². The van der Waals surface area contributed by atoms with Crippen molar-refractivity contribution in [3.63, 3.8) is 0 Å². The third-order valence-corrected chi connectivity index (χ3v) is 3.83. The van der Waals surface area contributed by atoms with E-state index in [0.717, 1.165) is 11.3 Å². The highest BCUT2D eigenvalue weighted by Crippen LogP contribution is 2.21. The van der Waals surface area contributed by atoms with Crippen LogP contribution >= 0.6 is 0 Å². The fraction of sp³-hybridized carbons (Fsp3) is 0.167. The number of aromatic nitrogens is 3. The molecular weight excluding hydrogens is 305 g/mol. The van der Waals surface area contributed by atoms with Crippen LogP contribution < -0.4 is 10.6 Å². The molecule has 0 atom stereocenters. The molecular formula is C18H18FN5. The van der Waals surface area contributed by atoms with Crippen molar-refractivity contribution >= 4 is 17.5 Å². The van der Waals surface area contributed by atoms with Gasteiger partial charge in [0.05, 0.1) is 6.20 Å². The Morgan fingerprint density at radius 2 is 1.88 bits per heavy atom. The Labute approximate surface area is 140 Å². The molecule has 2 N–H and O–H groups in total. The zero-order chi connectivity index (χ0) is 16.9. The Balaban J connectivity index is 1.72. The van der Waals surface area contributed by atoms with Crippen LogP contribution in [0.3, 0.4) is 0 Å². The summed E-state index contributed by atoms with van der Waals surface area (Å²) >= 11 is 0. The van der Waals surface area contributed by atoms with Gasteiger partial charge in [0.1, 0.15) is 5.82 Å². The van der Waals surface area contributed by atoms with Crippen molar-refractivity contribution in [2.45, 2.75) is 20.4 Å². The lowest BCUT2D eigenvalue weighted by molar-refractivity contribution is 0.613. The van der Waals surface area contributed by atoms with Gasteiger partial charge in [-0.15, -0.1) is 5.10 Å². The van der Waals surface area contributed by atoms with Crippen molar-refractivity contribution in [2.75, 3.05) is 10.6 Å². The van der Waals surface area contributed by atoms with E-state index in [2.05, 4.69) is 25.8 Å². The summed E-state index contributed by atoms with van der Waals surface area (Å²) in [6.45, 7) is 4.41. The summed E-state index contributed by atoms with van der Waals surface area (Å²) < 4.78 is 13.6. The van der Waals surface area contributed by atoms with Gasteiger partial charge in [0.25, 0.3) is 0 Å². The van der Waals surface area contributed by atoms with Gasteiger partial charge < -0.3 is 10.6 Å². The molecule has 2 aromatic carbocycles. The Morgan fingerprint density at radius 3 is 2.71 bits per heavy atom. The highest BCUT2D eigenvalue weighted by Gasteiger charge is 2.06. The van der Waals surface area contributed by atoms with E-state index in [0.29, 0.717) is 23.9 Å². The van der Waals surface area contributed by atoms with Crippen LogP contribution in [0, 0.1) is 19.7 Å². The molecule has 0 fully saturated rings. The molecule has 24 heavy (non-hydrogen) atoms. The number of hydrogen-bond donors (Lipinski definition) is 2. The third-order valence-electron chi connectivity index (χ3n) is 3.83. The zero-order valence-corrected chi connectivity index (χ0v) is 13.5. The molecule has 1 aromatic heterocycles.